The van der Waals surface area contributed by atoms with Crippen LogP contribution in [0.4, 0.5) is 0 Å². The van der Waals surface area contributed by atoms with Crippen LogP contribution in [0.2, 0.25) is 0 Å². The Kier molecular flexibility index (Phi) is 4.07. The van der Waals surface area contributed by atoms with Crippen molar-refractivity contribution in [1.82, 2.24) is 20.7 Å². The summed E-state index contributed by atoms with van der Waals surface area (Å²) >= 11 is 0. The molecule has 1 atom stereocenters. The van der Waals surface area contributed by atoms with Gasteiger partial charge in [0.15, 0.2) is 0 Å². The molecule has 106 valence electrons. The standard InChI is InChI=1S/C17H18N4/c1-13(14-8-4-2-5-9-14)18-12-16-17(20-21-19-16)15-10-6-3-7-11-15/h2-11,13,18H,12H2,1H3,(H,19,20,21)/t13-/m1/s1. The van der Waals surface area contributed by atoms with Gasteiger partial charge < -0.3 is 5.32 Å². The van der Waals surface area contributed by atoms with Gasteiger partial charge in [-0.05, 0) is 12.5 Å². The van der Waals surface area contributed by atoms with Gasteiger partial charge in [0.2, 0.25) is 0 Å². The third-order valence-electron chi connectivity index (χ3n) is 3.54. The normalized spacial score (nSPS) is 12.2. The maximum absolute atomic E-state index is 4.26. The molecule has 2 aromatic carbocycles. The smallest absolute Gasteiger partial charge is 0.117 e. The van der Waals surface area contributed by atoms with Crippen LogP contribution in [0.25, 0.3) is 11.3 Å². The molecule has 3 rings (SSSR count). The molecule has 1 heterocycles. The van der Waals surface area contributed by atoms with Crippen LogP contribution >= 0.6 is 0 Å². The SMILES string of the molecule is C[C@@H](NCc1n[nH]nc1-c1ccccc1)c1ccccc1. The lowest BCUT2D eigenvalue weighted by atomic mass is 10.1. The number of nitrogens with one attached hydrogen (secondary N) is 2. The second kappa shape index (κ2) is 6.33. The van der Waals surface area contributed by atoms with Gasteiger partial charge in [0, 0.05) is 18.2 Å². The summed E-state index contributed by atoms with van der Waals surface area (Å²) in [7, 11) is 0. The van der Waals surface area contributed by atoms with Crippen molar-refractivity contribution in [3.05, 3.63) is 71.9 Å². The first-order valence-electron chi connectivity index (χ1n) is 7.08. The second-order valence-corrected chi connectivity index (χ2v) is 5.00. The highest BCUT2D eigenvalue weighted by atomic mass is 15.3. The monoisotopic (exact) mass is 278 g/mol. The average molecular weight is 278 g/mol. The van der Waals surface area contributed by atoms with Gasteiger partial charge in [-0.25, -0.2) is 0 Å². The quantitative estimate of drug-likeness (QED) is 0.752. The van der Waals surface area contributed by atoms with E-state index < -0.39 is 0 Å². The minimum absolute atomic E-state index is 0.270. The summed E-state index contributed by atoms with van der Waals surface area (Å²) in [5, 5.41) is 14.7. The van der Waals surface area contributed by atoms with Gasteiger partial charge in [-0.1, -0.05) is 60.7 Å². The first-order valence-corrected chi connectivity index (χ1v) is 7.08. The van der Waals surface area contributed by atoms with Crippen LogP contribution in [0.1, 0.15) is 24.2 Å². The van der Waals surface area contributed by atoms with Crippen molar-refractivity contribution in [3.8, 4) is 11.3 Å². The fraction of sp³-hybridized carbons (Fsp3) is 0.176. The number of rotatable bonds is 5. The lowest BCUT2D eigenvalue weighted by Crippen LogP contribution is -2.18. The molecule has 0 aliphatic heterocycles. The number of H-pyrrole nitrogens is 1. The first-order chi connectivity index (χ1) is 10.3. The van der Waals surface area contributed by atoms with Crippen LogP contribution in [-0.4, -0.2) is 15.4 Å². The molecular weight excluding hydrogens is 260 g/mol. The minimum atomic E-state index is 0.270. The molecular formula is C17H18N4. The van der Waals surface area contributed by atoms with E-state index in [2.05, 4.69) is 51.9 Å². The second-order valence-electron chi connectivity index (χ2n) is 5.00. The topological polar surface area (TPSA) is 53.6 Å². The predicted octanol–water partition coefficient (Wildman–Crippen LogP) is 3.32. The zero-order valence-electron chi connectivity index (χ0n) is 12.0. The highest BCUT2D eigenvalue weighted by Gasteiger charge is 2.11. The van der Waals surface area contributed by atoms with Crippen LogP contribution in [0.5, 0.6) is 0 Å². The molecule has 2 N–H and O–H groups in total. The Morgan fingerprint density at radius 3 is 2.33 bits per heavy atom. The number of aromatic amines is 1. The number of hydrogen-bond donors (Lipinski definition) is 2. The highest BCUT2D eigenvalue weighted by molar-refractivity contribution is 5.60. The molecule has 0 radical (unpaired) electrons. The zero-order valence-corrected chi connectivity index (χ0v) is 12.0. The maximum atomic E-state index is 4.26. The Morgan fingerprint density at radius 1 is 0.952 bits per heavy atom. The van der Waals surface area contributed by atoms with Crippen molar-refractivity contribution in [1.29, 1.82) is 0 Å². The summed E-state index contributed by atoms with van der Waals surface area (Å²) in [5.41, 5.74) is 4.19. The lowest BCUT2D eigenvalue weighted by molar-refractivity contribution is 0.567. The summed E-state index contributed by atoms with van der Waals surface area (Å²) in [6, 6.07) is 20.8. The van der Waals surface area contributed by atoms with Crippen molar-refractivity contribution in [2.75, 3.05) is 0 Å². The Hall–Kier alpha value is -2.46. The average Bonchev–Trinajstić information content (AvgIpc) is 3.03. The van der Waals surface area contributed by atoms with Crippen molar-refractivity contribution >= 4 is 0 Å². The molecule has 0 bridgehead atoms. The van der Waals surface area contributed by atoms with E-state index in [-0.39, 0.29) is 6.04 Å². The molecule has 0 aliphatic carbocycles. The largest absolute Gasteiger partial charge is 0.304 e. The highest BCUT2D eigenvalue weighted by Crippen LogP contribution is 2.20. The summed E-state index contributed by atoms with van der Waals surface area (Å²) in [6.07, 6.45) is 0. The molecule has 4 nitrogen and oxygen atoms in total. The van der Waals surface area contributed by atoms with E-state index in [1.807, 2.05) is 36.4 Å². The summed E-state index contributed by atoms with van der Waals surface area (Å²) in [5.74, 6) is 0. The van der Waals surface area contributed by atoms with Crippen LogP contribution in [0.15, 0.2) is 60.7 Å². The Balaban J connectivity index is 1.71. The van der Waals surface area contributed by atoms with Gasteiger partial charge in [-0.3, -0.25) is 0 Å². The fourth-order valence-electron chi connectivity index (χ4n) is 2.31. The molecule has 0 unspecified atom stereocenters. The van der Waals surface area contributed by atoms with Crippen LogP contribution in [0.3, 0.4) is 0 Å². The van der Waals surface area contributed by atoms with Gasteiger partial charge >= 0.3 is 0 Å². The Labute approximate surface area is 124 Å². The maximum Gasteiger partial charge on any atom is 0.117 e. The molecule has 21 heavy (non-hydrogen) atoms. The van der Waals surface area contributed by atoms with Crippen molar-refractivity contribution in [3.63, 3.8) is 0 Å². The third-order valence-corrected chi connectivity index (χ3v) is 3.54. The number of benzene rings is 2. The van der Waals surface area contributed by atoms with E-state index in [1.54, 1.807) is 0 Å². The van der Waals surface area contributed by atoms with E-state index >= 15 is 0 Å². The first kappa shape index (κ1) is 13.5. The molecule has 4 heteroatoms. The van der Waals surface area contributed by atoms with Crippen LogP contribution in [-0.2, 0) is 6.54 Å². The van der Waals surface area contributed by atoms with E-state index in [1.165, 1.54) is 5.56 Å². The Morgan fingerprint density at radius 2 is 1.62 bits per heavy atom. The minimum Gasteiger partial charge on any atom is -0.304 e. The van der Waals surface area contributed by atoms with E-state index in [9.17, 15) is 0 Å². The van der Waals surface area contributed by atoms with Crippen LogP contribution in [0, 0.1) is 0 Å². The van der Waals surface area contributed by atoms with Crippen molar-refractivity contribution in [2.24, 2.45) is 0 Å². The fourth-order valence-corrected chi connectivity index (χ4v) is 2.31. The van der Waals surface area contributed by atoms with Crippen molar-refractivity contribution < 1.29 is 0 Å². The summed E-state index contributed by atoms with van der Waals surface area (Å²) < 4.78 is 0. The van der Waals surface area contributed by atoms with Gasteiger partial charge in [-0.2, -0.15) is 15.4 Å². The van der Waals surface area contributed by atoms with Crippen LogP contribution < -0.4 is 5.32 Å². The molecule has 0 spiro atoms. The molecule has 0 saturated heterocycles. The van der Waals surface area contributed by atoms with Crippen molar-refractivity contribution in [2.45, 2.75) is 19.5 Å². The molecule has 0 amide bonds. The summed E-state index contributed by atoms with van der Waals surface area (Å²) in [6.45, 7) is 2.83. The van der Waals surface area contributed by atoms with Gasteiger partial charge in [0.1, 0.15) is 11.4 Å². The van der Waals surface area contributed by atoms with E-state index in [0.717, 1.165) is 17.0 Å². The molecule has 3 aromatic rings. The molecule has 0 aliphatic rings. The lowest BCUT2D eigenvalue weighted by Gasteiger charge is -2.13. The van der Waals surface area contributed by atoms with E-state index in [4.69, 9.17) is 0 Å². The van der Waals surface area contributed by atoms with Gasteiger partial charge in [0.25, 0.3) is 0 Å². The third kappa shape index (κ3) is 3.17. The Bertz CT molecular complexity index is 676. The van der Waals surface area contributed by atoms with E-state index in [0.29, 0.717) is 6.54 Å². The number of nitrogens with zero attached hydrogens (tertiary/aromatic N) is 2. The zero-order chi connectivity index (χ0) is 14.5. The molecule has 0 saturated carbocycles. The summed E-state index contributed by atoms with van der Waals surface area (Å²) in [4.78, 5) is 0. The number of aromatic nitrogens is 3. The van der Waals surface area contributed by atoms with Gasteiger partial charge in [0.05, 0.1) is 0 Å². The predicted molar refractivity (Wildman–Crippen MR) is 83.5 cm³/mol. The molecule has 0 fully saturated rings. The van der Waals surface area contributed by atoms with Gasteiger partial charge in [-0.15, -0.1) is 0 Å². The molecule has 1 aromatic heterocycles. The number of hydrogen-bond acceptors (Lipinski definition) is 3.